The van der Waals surface area contributed by atoms with Gasteiger partial charge in [-0.15, -0.1) is 11.3 Å². The van der Waals surface area contributed by atoms with E-state index in [1.165, 1.54) is 23.3 Å². The van der Waals surface area contributed by atoms with E-state index in [2.05, 4.69) is 5.32 Å². The number of carbonyl (C=O) groups excluding carboxylic acids is 1. The summed E-state index contributed by atoms with van der Waals surface area (Å²) in [6, 6.07) is 2.03. The van der Waals surface area contributed by atoms with Crippen LogP contribution in [-0.4, -0.2) is 37.4 Å². The molecule has 1 amide bonds. The Balaban J connectivity index is 1.81. The minimum atomic E-state index is -0.512. The quantitative estimate of drug-likeness (QED) is 0.836. The molecule has 1 atom stereocenters. The number of hydrogen-bond acceptors (Lipinski definition) is 4. The summed E-state index contributed by atoms with van der Waals surface area (Å²) in [5, 5.41) is 12.3. The van der Waals surface area contributed by atoms with E-state index < -0.39 is 6.10 Å². The van der Waals surface area contributed by atoms with Crippen molar-refractivity contribution in [2.45, 2.75) is 38.2 Å². The Morgan fingerprint density at radius 3 is 3.05 bits per heavy atom. The molecule has 4 nitrogen and oxygen atoms in total. The van der Waals surface area contributed by atoms with Crippen LogP contribution in [0.15, 0.2) is 6.07 Å². The summed E-state index contributed by atoms with van der Waals surface area (Å²) in [4.78, 5) is 14.2. The number of carbonyl (C=O) groups is 1. The molecule has 5 heteroatoms. The van der Waals surface area contributed by atoms with Gasteiger partial charge in [0.05, 0.1) is 17.6 Å². The van der Waals surface area contributed by atoms with Crippen LogP contribution >= 0.6 is 11.3 Å². The average molecular weight is 283 g/mol. The Morgan fingerprint density at radius 1 is 1.53 bits per heavy atom. The number of methoxy groups -OCH3 is 1. The molecule has 106 valence electrons. The Hall–Kier alpha value is -0.910. The van der Waals surface area contributed by atoms with Crippen LogP contribution in [0.3, 0.4) is 0 Å². The van der Waals surface area contributed by atoms with Gasteiger partial charge in [-0.3, -0.25) is 4.79 Å². The molecular formula is C14H21NO3S. The number of amides is 1. The van der Waals surface area contributed by atoms with E-state index >= 15 is 0 Å². The van der Waals surface area contributed by atoms with Crippen molar-refractivity contribution in [3.8, 4) is 0 Å². The second-order valence-electron chi connectivity index (χ2n) is 4.92. The minimum Gasteiger partial charge on any atom is -0.391 e. The third-order valence-electron chi connectivity index (χ3n) is 3.34. The molecule has 2 rings (SSSR count). The zero-order valence-corrected chi connectivity index (χ0v) is 12.1. The van der Waals surface area contributed by atoms with Crippen molar-refractivity contribution in [1.29, 1.82) is 0 Å². The van der Waals surface area contributed by atoms with Crippen molar-refractivity contribution >= 4 is 17.2 Å². The molecule has 0 aliphatic heterocycles. The summed E-state index contributed by atoms with van der Waals surface area (Å²) in [5.41, 5.74) is 1.35. The first kappa shape index (κ1) is 14.5. The van der Waals surface area contributed by atoms with E-state index in [0.717, 1.165) is 17.7 Å². The van der Waals surface area contributed by atoms with Gasteiger partial charge >= 0.3 is 0 Å². The average Bonchev–Trinajstić information content (AvgIpc) is 2.82. The third-order valence-corrected chi connectivity index (χ3v) is 4.58. The van der Waals surface area contributed by atoms with Crippen LogP contribution < -0.4 is 5.32 Å². The molecule has 0 radical (unpaired) electrons. The van der Waals surface area contributed by atoms with E-state index in [4.69, 9.17) is 4.74 Å². The monoisotopic (exact) mass is 283 g/mol. The summed E-state index contributed by atoms with van der Waals surface area (Å²) >= 11 is 1.61. The highest BCUT2D eigenvalue weighted by Gasteiger charge is 2.17. The summed E-state index contributed by atoms with van der Waals surface area (Å²) in [7, 11) is 1.55. The number of aliphatic hydroxyl groups is 1. The van der Waals surface area contributed by atoms with Gasteiger partial charge in [0, 0.05) is 18.5 Å². The lowest BCUT2D eigenvalue weighted by atomic mass is 9.99. The lowest BCUT2D eigenvalue weighted by molar-refractivity contribution is 0.0588. The first-order valence-corrected chi connectivity index (χ1v) is 7.59. The van der Waals surface area contributed by atoms with Crippen LogP contribution in [0.4, 0.5) is 0 Å². The van der Waals surface area contributed by atoms with Crippen LogP contribution in [0.5, 0.6) is 0 Å². The molecular weight excluding hydrogens is 262 g/mol. The fourth-order valence-corrected chi connectivity index (χ4v) is 3.49. The van der Waals surface area contributed by atoms with Crippen molar-refractivity contribution in [2.24, 2.45) is 0 Å². The Morgan fingerprint density at radius 2 is 2.32 bits per heavy atom. The SMILES string of the molecule is COCC(O)CCNC(=O)c1cc2c(s1)CCCC2. The van der Waals surface area contributed by atoms with Gasteiger partial charge in [0.2, 0.25) is 0 Å². The lowest BCUT2D eigenvalue weighted by Crippen LogP contribution is -2.27. The molecule has 0 aromatic carbocycles. The molecule has 1 unspecified atom stereocenters. The molecule has 2 N–H and O–H groups in total. The van der Waals surface area contributed by atoms with Crippen LogP contribution in [0.1, 0.15) is 39.4 Å². The number of aryl methyl sites for hydroxylation is 2. The van der Waals surface area contributed by atoms with Crippen LogP contribution in [0.25, 0.3) is 0 Å². The molecule has 1 aliphatic rings. The van der Waals surface area contributed by atoms with Crippen LogP contribution in [-0.2, 0) is 17.6 Å². The summed E-state index contributed by atoms with van der Waals surface area (Å²) in [5.74, 6) is -0.0241. The molecule has 1 heterocycles. The van der Waals surface area contributed by atoms with Crippen LogP contribution in [0.2, 0.25) is 0 Å². The predicted molar refractivity (Wildman–Crippen MR) is 75.8 cm³/mol. The van der Waals surface area contributed by atoms with Gasteiger partial charge in [-0.05, 0) is 43.7 Å². The number of thiophene rings is 1. The van der Waals surface area contributed by atoms with Gasteiger partial charge in [0.15, 0.2) is 0 Å². The first-order chi connectivity index (χ1) is 9.20. The lowest BCUT2D eigenvalue weighted by Gasteiger charge is -2.09. The maximum Gasteiger partial charge on any atom is 0.261 e. The molecule has 0 bridgehead atoms. The number of fused-ring (bicyclic) bond motifs is 1. The van der Waals surface area contributed by atoms with E-state index in [9.17, 15) is 9.90 Å². The highest BCUT2D eigenvalue weighted by Crippen LogP contribution is 2.29. The molecule has 0 spiro atoms. The molecule has 0 saturated carbocycles. The fraction of sp³-hybridized carbons (Fsp3) is 0.643. The maximum atomic E-state index is 12.0. The van der Waals surface area contributed by atoms with Gasteiger partial charge < -0.3 is 15.2 Å². The van der Waals surface area contributed by atoms with E-state index in [-0.39, 0.29) is 5.91 Å². The summed E-state index contributed by atoms with van der Waals surface area (Å²) in [6.07, 6.45) is 4.68. The van der Waals surface area contributed by atoms with Crippen molar-refractivity contribution < 1.29 is 14.6 Å². The number of nitrogens with one attached hydrogen (secondary N) is 1. The first-order valence-electron chi connectivity index (χ1n) is 6.77. The number of ether oxygens (including phenoxy) is 1. The van der Waals surface area contributed by atoms with Crippen molar-refractivity contribution in [2.75, 3.05) is 20.3 Å². The second kappa shape index (κ2) is 7.03. The van der Waals surface area contributed by atoms with E-state index in [0.29, 0.717) is 19.6 Å². The Kier molecular flexibility index (Phi) is 5.36. The van der Waals surface area contributed by atoms with Gasteiger partial charge in [0.25, 0.3) is 5.91 Å². The maximum absolute atomic E-state index is 12.0. The molecule has 19 heavy (non-hydrogen) atoms. The van der Waals surface area contributed by atoms with Gasteiger partial charge in [-0.25, -0.2) is 0 Å². The zero-order valence-electron chi connectivity index (χ0n) is 11.3. The highest BCUT2D eigenvalue weighted by molar-refractivity contribution is 7.14. The molecule has 1 aromatic rings. The zero-order chi connectivity index (χ0) is 13.7. The molecule has 1 aliphatic carbocycles. The summed E-state index contributed by atoms with van der Waals surface area (Å²) < 4.78 is 4.84. The Labute approximate surface area is 117 Å². The smallest absolute Gasteiger partial charge is 0.261 e. The summed E-state index contributed by atoms with van der Waals surface area (Å²) in [6.45, 7) is 0.787. The molecule has 1 aromatic heterocycles. The van der Waals surface area contributed by atoms with E-state index in [1.807, 2.05) is 6.07 Å². The minimum absolute atomic E-state index is 0.0241. The second-order valence-corrected chi connectivity index (χ2v) is 6.06. The van der Waals surface area contributed by atoms with Crippen LogP contribution in [0, 0.1) is 0 Å². The number of aliphatic hydroxyl groups excluding tert-OH is 1. The normalized spacial score (nSPS) is 15.9. The van der Waals surface area contributed by atoms with Crippen molar-refractivity contribution in [3.05, 3.63) is 21.4 Å². The number of rotatable bonds is 6. The highest BCUT2D eigenvalue weighted by atomic mass is 32.1. The Bertz CT molecular complexity index is 407. The van der Waals surface area contributed by atoms with Gasteiger partial charge in [0.1, 0.15) is 0 Å². The fourth-order valence-electron chi connectivity index (χ4n) is 2.32. The van der Waals surface area contributed by atoms with E-state index in [1.54, 1.807) is 18.4 Å². The topological polar surface area (TPSA) is 58.6 Å². The largest absolute Gasteiger partial charge is 0.391 e. The van der Waals surface area contributed by atoms with Crippen molar-refractivity contribution in [1.82, 2.24) is 5.32 Å². The molecule has 0 saturated heterocycles. The predicted octanol–water partition coefficient (Wildman–Crippen LogP) is 1.75. The number of hydrogen-bond donors (Lipinski definition) is 2. The molecule has 0 fully saturated rings. The van der Waals surface area contributed by atoms with Gasteiger partial charge in [-0.1, -0.05) is 0 Å². The van der Waals surface area contributed by atoms with Crippen molar-refractivity contribution in [3.63, 3.8) is 0 Å². The van der Waals surface area contributed by atoms with Gasteiger partial charge in [-0.2, -0.15) is 0 Å². The third kappa shape index (κ3) is 4.03. The standard InChI is InChI=1S/C14H21NO3S/c1-18-9-11(16)6-7-15-14(17)13-8-10-4-2-3-5-12(10)19-13/h8,11,16H,2-7,9H2,1H3,(H,15,17).